The Morgan fingerprint density at radius 2 is 1.91 bits per heavy atom. The van der Waals surface area contributed by atoms with E-state index < -0.39 is 35.8 Å². The number of piperidine rings is 1. The first-order valence-electron chi connectivity index (χ1n) is 14.1. The van der Waals surface area contributed by atoms with E-state index >= 15 is 4.39 Å². The Labute approximate surface area is 254 Å². The van der Waals surface area contributed by atoms with Crippen molar-refractivity contribution < 1.29 is 31.9 Å². The highest BCUT2D eigenvalue weighted by molar-refractivity contribution is 5.98. The quantitative estimate of drug-likeness (QED) is 0.296. The number of halogens is 4. The first kappa shape index (κ1) is 30.2. The number of pyridine rings is 2. The van der Waals surface area contributed by atoms with E-state index in [2.05, 4.69) is 25.4 Å². The third-order valence-corrected chi connectivity index (χ3v) is 8.08. The molecule has 2 aliphatic heterocycles. The number of amides is 2. The average molecular weight is 628 g/mol. The number of hydrogen-bond acceptors (Lipinski definition) is 9. The highest BCUT2D eigenvalue weighted by Gasteiger charge is 2.38. The minimum absolute atomic E-state index is 0.0102. The normalized spacial score (nSPS) is 20.0. The molecule has 236 valence electrons. The molecule has 45 heavy (non-hydrogen) atoms. The minimum atomic E-state index is -2.69. The Kier molecular flexibility index (Phi) is 7.99. The number of methoxy groups -OCH3 is 1. The summed E-state index contributed by atoms with van der Waals surface area (Å²) in [7, 11) is 1.33. The van der Waals surface area contributed by atoms with Crippen molar-refractivity contribution in [2.75, 3.05) is 39.0 Å². The molecule has 12 nitrogen and oxygen atoms in total. The van der Waals surface area contributed by atoms with Gasteiger partial charge in [-0.25, -0.2) is 32.0 Å². The van der Waals surface area contributed by atoms with Crippen LogP contribution in [0.2, 0.25) is 0 Å². The lowest BCUT2D eigenvalue weighted by Gasteiger charge is -2.31. The van der Waals surface area contributed by atoms with E-state index in [0.29, 0.717) is 28.9 Å². The van der Waals surface area contributed by atoms with Crippen LogP contribution in [-0.2, 0) is 6.54 Å². The van der Waals surface area contributed by atoms with Crippen LogP contribution >= 0.6 is 0 Å². The molecule has 6 rings (SSSR count). The highest BCUT2D eigenvalue weighted by Crippen LogP contribution is 2.33. The van der Waals surface area contributed by atoms with Gasteiger partial charge in [-0.2, -0.15) is 5.10 Å². The molecule has 0 aliphatic carbocycles. The van der Waals surface area contributed by atoms with Crippen LogP contribution in [0.5, 0.6) is 5.88 Å². The molecule has 0 unspecified atom stereocenters. The maximum Gasteiger partial charge on any atom is 0.257 e. The lowest BCUT2D eigenvalue weighted by atomic mass is 10.1. The minimum Gasteiger partial charge on any atom is -0.480 e. The van der Waals surface area contributed by atoms with Crippen molar-refractivity contribution in [1.82, 2.24) is 39.7 Å². The van der Waals surface area contributed by atoms with E-state index in [4.69, 9.17) is 10.5 Å². The Hall–Kier alpha value is -4.86. The zero-order chi connectivity index (χ0) is 31.9. The Morgan fingerprint density at radius 1 is 1.13 bits per heavy atom. The van der Waals surface area contributed by atoms with Gasteiger partial charge < -0.3 is 20.7 Å². The van der Waals surface area contributed by atoms with Gasteiger partial charge in [-0.3, -0.25) is 19.5 Å². The second-order valence-electron chi connectivity index (χ2n) is 11.0. The predicted octanol–water partition coefficient (Wildman–Crippen LogP) is 2.74. The van der Waals surface area contributed by atoms with Gasteiger partial charge in [-0.1, -0.05) is 0 Å². The zero-order valence-corrected chi connectivity index (χ0v) is 24.1. The molecule has 2 atom stereocenters. The fourth-order valence-corrected chi connectivity index (χ4v) is 5.70. The van der Waals surface area contributed by atoms with Crippen LogP contribution in [-0.4, -0.2) is 97.6 Å². The number of carbonyl (C=O) groups excluding carboxylic acids is 2. The van der Waals surface area contributed by atoms with E-state index in [0.717, 1.165) is 11.1 Å². The lowest BCUT2D eigenvalue weighted by Crippen LogP contribution is -2.42. The maximum atomic E-state index is 15.0. The van der Waals surface area contributed by atoms with Crippen molar-refractivity contribution in [3.05, 3.63) is 65.6 Å². The molecule has 2 aliphatic rings. The number of nitrogens with two attached hydrogens (primary N) is 1. The van der Waals surface area contributed by atoms with Gasteiger partial charge >= 0.3 is 0 Å². The molecule has 0 aromatic carbocycles. The van der Waals surface area contributed by atoms with Crippen LogP contribution in [0, 0.1) is 5.82 Å². The summed E-state index contributed by atoms with van der Waals surface area (Å²) < 4.78 is 63.5. The molecule has 4 aromatic heterocycles. The topological polar surface area (TPSA) is 144 Å². The summed E-state index contributed by atoms with van der Waals surface area (Å²) >= 11 is 0. The second-order valence-corrected chi connectivity index (χ2v) is 11.0. The predicted molar refractivity (Wildman–Crippen MR) is 153 cm³/mol. The number of alkyl halides is 3. The molecule has 4 aromatic rings. The summed E-state index contributed by atoms with van der Waals surface area (Å²) in [4.78, 5) is 41.3. The molecule has 16 heteroatoms. The Bertz CT molecular complexity index is 1760. The summed E-state index contributed by atoms with van der Waals surface area (Å²) in [5, 5.41) is 6.94. The number of anilines is 1. The molecule has 0 bridgehead atoms. The highest BCUT2D eigenvalue weighted by atomic mass is 19.3. The largest absolute Gasteiger partial charge is 0.480 e. The number of carbonyl (C=O) groups is 2. The van der Waals surface area contributed by atoms with Gasteiger partial charge in [0.15, 0.2) is 11.6 Å². The Balaban J connectivity index is 1.25. The van der Waals surface area contributed by atoms with Crippen LogP contribution in [0.3, 0.4) is 0 Å². The first-order chi connectivity index (χ1) is 21.5. The number of hydrogen-bond donors (Lipinski definition) is 2. The molecular formula is C29H29F4N9O3. The number of aromatic nitrogens is 5. The third-order valence-electron chi connectivity index (χ3n) is 8.08. The number of nitrogens with one attached hydrogen (secondary N) is 1. The van der Waals surface area contributed by atoms with E-state index in [1.165, 1.54) is 42.5 Å². The van der Waals surface area contributed by atoms with Crippen LogP contribution in [0.15, 0.2) is 43.1 Å². The number of ether oxygens (including phenoxy) is 1. The van der Waals surface area contributed by atoms with E-state index in [9.17, 15) is 22.8 Å². The van der Waals surface area contributed by atoms with Crippen LogP contribution in [0.25, 0.3) is 16.8 Å². The lowest BCUT2D eigenvalue weighted by molar-refractivity contribution is -0.0565. The molecule has 2 amide bonds. The summed E-state index contributed by atoms with van der Waals surface area (Å²) in [6.07, 6.45) is 2.80. The second kappa shape index (κ2) is 11.9. The molecular weight excluding hydrogens is 598 g/mol. The molecule has 2 fully saturated rings. The number of fused-ring (bicyclic) bond motifs is 1. The molecule has 0 radical (unpaired) electrons. The van der Waals surface area contributed by atoms with Crippen molar-refractivity contribution in [3.8, 4) is 17.1 Å². The Morgan fingerprint density at radius 3 is 2.64 bits per heavy atom. The van der Waals surface area contributed by atoms with Gasteiger partial charge in [0.05, 0.1) is 37.2 Å². The fourth-order valence-electron chi connectivity index (χ4n) is 5.70. The number of nitrogens with zero attached hydrogens (tertiary/aromatic N) is 7. The van der Waals surface area contributed by atoms with Gasteiger partial charge in [0.2, 0.25) is 5.88 Å². The van der Waals surface area contributed by atoms with Crippen molar-refractivity contribution >= 4 is 23.1 Å². The number of rotatable bonds is 7. The van der Waals surface area contributed by atoms with Crippen molar-refractivity contribution in [2.24, 2.45) is 0 Å². The van der Waals surface area contributed by atoms with E-state index in [-0.39, 0.29) is 61.8 Å². The van der Waals surface area contributed by atoms with Crippen molar-refractivity contribution in [3.63, 3.8) is 0 Å². The summed E-state index contributed by atoms with van der Waals surface area (Å²) in [5.41, 5.74) is 8.09. The average Bonchev–Trinajstić information content (AvgIpc) is 3.58. The smallest absolute Gasteiger partial charge is 0.257 e. The summed E-state index contributed by atoms with van der Waals surface area (Å²) in [5.74, 6) is -4.78. The maximum absolute atomic E-state index is 15.0. The van der Waals surface area contributed by atoms with Gasteiger partial charge in [0.1, 0.15) is 23.6 Å². The van der Waals surface area contributed by atoms with Crippen LogP contribution in [0.1, 0.15) is 39.1 Å². The zero-order valence-electron chi connectivity index (χ0n) is 24.1. The third kappa shape index (κ3) is 5.96. The van der Waals surface area contributed by atoms with E-state index in [1.54, 1.807) is 6.07 Å². The molecule has 3 N–H and O–H groups in total. The van der Waals surface area contributed by atoms with E-state index in [1.807, 2.05) is 4.90 Å². The van der Waals surface area contributed by atoms with Gasteiger partial charge in [-0.05, 0) is 23.8 Å². The van der Waals surface area contributed by atoms with Crippen molar-refractivity contribution in [2.45, 2.75) is 37.5 Å². The SMILES string of the molecule is COc1ncc(-c2cc(CN3CCC(F)(F)CC3)c3c(N)ncnn23)cc1C(=O)N[C@@H]1CN(C(=O)c2ccncc2F)C[C@@H]1F. The fraction of sp³-hybridized carbons (Fsp3) is 0.379. The van der Waals surface area contributed by atoms with Crippen LogP contribution < -0.4 is 15.8 Å². The molecule has 0 spiro atoms. The summed E-state index contributed by atoms with van der Waals surface area (Å²) in [6.45, 7) is 0.216. The molecule has 2 saturated heterocycles. The van der Waals surface area contributed by atoms with Gasteiger partial charge in [0.25, 0.3) is 17.7 Å². The standard InChI is InChI=1S/C29H29F4N9O3/c1-45-27-19(26(43)39-22-14-41(13-21(22)31)28(44)18-2-5-35-11-20(18)30)8-16(10-36-27)23-9-17(24-25(34)37-15-38-42(23)24)12-40-6-3-29(32,33)4-7-40/h2,5,8-11,15,21-22H,3-4,6-7,12-14H2,1H3,(H,39,43)(H2,34,37,38)/t21-,22+/m0/s1. The molecule has 0 saturated carbocycles. The van der Waals surface area contributed by atoms with Crippen molar-refractivity contribution in [1.29, 1.82) is 0 Å². The summed E-state index contributed by atoms with van der Waals surface area (Å²) in [6, 6.07) is 3.42. The van der Waals surface area contributed by atoms with Gasteiger partial charge in [-0.15, -0.1) is 0 Å². The first-order valence-corrected chi connectivity index (χ1v) is 14.1. The number of likely N-dealkylation sites (tertiary alicyclic amines) is 2. The monoisotopic (exact) mass is 627 g/mol. The van der Waals surface area contributed by atoms with Crippen LogP contribution in [0.4, 0.5) is 23.4 Å². The number of nitrogen functional groups attached to an aromatic ring is 1. The van der Waals surface area contributed by atoms with Gasteiger partial charge in [0, 0.05) is 57.0 Å². The molecule has 6 heterocycles.